The predicted molar refractivity (Wildman–Crippen MR) is 255 cm³/mol. The van der Waals surface area contributed by atoms with E-state index in [0.717, 1.165) is 42.7 Å². The molecular formula is C57H45NS. The van der Waals surface area contributed by atoms with Crippen LogP contribution in [0.15, 0.2) is 194 Å². The van der Waals surface area contributed by atoms with Crippen LogP contribution < -0.4 is 4.90 Å². The van der Waals surface area contributed by atoms with E-state index in [-0.39, 0.29) is 5.41 Å². The molecular weight excluding hydrogens is 731 g/mol. The molecule has 2 heteroatoms. The third-order valence-electron chi connectivity index (χ3n) is 12.8. The first-order valence-corrected chi connectivity index (χ1v) is 21.8. The van der Waals surface area contributed by atoms with Gasteiger partial charge in [-0.05, 0) is 154 Å². The summed E-state index contributed by atoms with van der Waals surface area (Å²) in [5, 5.41) is 2.65. The van der Waals surface area contributed by atoms with Crippen molar-refractivity contribution < 1.29 is 0 Å². The Balaban J connectivity index is 0.959. The second-order valence-electron chi connectivity index (χ2n) is 16.7. The van der Waals surface area contributed by atoms with E-state index in [9.17, 15) is 0 Å². The van der Waals surface area contributed by atoms with Crippen LogP contribution in [0, 0.1) is 0 Å². The lowest BCUT2D eigenvalue weighted by Gasteiger charge is -2.26. The predicted octanol–water partition coefficient (Wildman–Crippen LogP) is 16.7. The smallest absolute Gasteiger partial charge is 0.0467 e. The molecule has 284 valence electrons. The van der Waals surface area contributed by atoms with E-state index in [1.807, 2.05) is 11.3 Å². The fourth-order valence-electron chi connectivity index (χ4n) is 9.71. The van der Waals surface area contributed by atoms with E-state index in [0.29, 0.717) is 0 Å². The maximum Gasteiger partial charge on any atom is 0.0467 e. The first kappa shape index (κ1) is 35.7. The van der Waals surface area contributed by atoms with E-state index >= 15 is 0 Å². The van der Waals surface area contributed by atoms with Crippen LogP contribution in [0.5, 0.6) is 0 Å². The molecule has 0 saturated carbocycles. The molecule has 3 aliphatic rings. The summed E-state index contributed by atoms with van der Waals surface area (Å²) >= 11 is 1.87. The van der Waals surface area contributed by atoms with Gasteiger partial charge in [0.1, 0.15) is 0 Å². The summed E-state index contributed by atoms with van der Waals surface area (Å²) in [5.41, 5.74) is 19.2. The Morgan fingerprint density at radius 3 is 1.90 bits per heavy atom. The molecule has 3 aliphatic carbocycles. The number of thiophene rings is 1. The Morgan fingerprint density at radius 2 is 1.12 bits per heavy atom. The third kappa shape index (κ3) is 6.31. The highest BCUT2D eigenvalue weighted by Crippen LogP contribution is 2.51. The average Bonchev–Trinajstić information content (AvgIpc) is 3.78. The summed E-state index contributed by atoms with van der Waals surface area (Å²) in [6, 6.07) is 59.0. The molecule has 0 saturated heterocycles. The monoisotopic (exact) mass is 775 g/mol. The van der Waals surface area contributed by atoms with Crippen molar-refractivity contribution in [3.8, 4) is 33.4 Å². The zero-order valence-electron chi connectivity index (χ0n) is 33.6. The van der Waals surface area contributed by atoms with Crippen molar-refractivity contribution >= 4 is 59.7 Å². The molecule has 0 N–H and O–H groups in total. The number of benzene rings is 7. The normalized spacial score (nSPS) is 15.4. The largest absolute Gasteiger partial charge is 0.310 e. The zero-order valence-corrected chi connectivity index (χ0v) is 34.4. The Bertz CT molecular complexity index is 3060. The van der Waals surface area contributed by atoms with Crippen LogP contribution in [-0.4, -0.2) is 0 Å². The molecule has 0 atom stereocenters. The molecule has 0 fully saturated rings. The molecule has 0 bridgehead atoms. The van der Waals surface area contributed by atoms with Crippen molar-refractivity contribution in [1.29, 1.82) is 0 Å². The van der Waals surface area contributed by atoms with Gasteiger partial charge in [-0.15, -0.1) is 11.3 Å². The molecule has 0 unspecified atom stereocenters. The van der Waals surface area contributed by atoms with Crippen LogP contribution in [0.3, 0.4) is 0 Å². The molecule has 11 rings (SSSR count). The number of nitrogens with zero attached hydrogens (tertiary/aromatic N) is 1. The second-order valence-corrected chi connectivity index (χ2v) is 17.8. The average molecular weight is 776 g/mol. The lowest BCUT2D eigenvalue weighted by molar-refractivity contribution is 0.607. The van der Waals surface area contributed by atoms with Crippen molar-refractivity contribution in [3.05, 3.63) is 210 Å². The van der Waals surface area contributed by atoms with Gasteiger partial charge in [-0.1, -0.05) is 141 Å². The van der Waals surface area contributed by atoms with Crippen LogP contribution in [0.25, 0.3) is 64.7 Å². The van der Waals surface area contributed by atoms with Crippen molar-refractivity contribution in [3.63, 3.8) is 0 Å². The molecule has 59 heavy (non-hydrogen) atoms. The van der Waals surface area contributed by atoms with Crippen LogP contribution >= 0.6 is 11.3 Å². The van der Waals surface area contributed by atoms with Crippen LogP contribution in [0.4, 0.5) is 17.1 Å². The highest BCUT2D eigenvalue weighted by atomic mass is 32.1. The minimum absolute atomic E-state index is 0.0840. The first-order chi connectivity index (χ1) is 29.0. The Kier molecular flexibility index (Phi) is 8.71. The molecule has 0 spiro atoms. The van der Waals surface area contributed by atoms with Crippen LogP contribution in [0.1, 0.15) is 56.2 Å². The topological polar surface area (TPSA) is 3.24 Å². The van der Waals surface area contributed by atoms with Gasteiger partial charge >= 0.3 is 0 Å². The van der Waals surface area contributed by atoms with Crippen LogP contribution in [-0.2, 0) is 5.41 Å². The van der Waals surface area contributed by atoms with Gasteiger partial charge in [0.25, 0.3) is 0 Å². The van der Waals surface area contributed by atoms with Gasteiger partial charge in [0.2, 0.25) is 0 Å². The van der Waals surface area contributed by atoms with Crippen molar-refractivity contribution in [2.45, 2.75) is 44.9 Å². The molecule has 0 radical (unpaired) electrons. The van der Waals surface area contributed by atoms with Gasteiger partial charge in [0.15, 0.2) is 0 Å². The lowest BCUT2D eigenvalue weighted by atomic mass is 9.78. The van der Waals surface area contributed by atoms with E-state index in [4.69, 9.17) is 0 Å². The summed E-state index contributed by atoms with van der Waals surface area (Å²) in [7, 11) is 0. The number of hydrogen-bond donors (Lipinski definition) is 0. The number of fused-ring (bicyclic) bond motifs is 5. The van der Waals surface area contributed by atoms with Crippen LogP contribution in [0.2, 0.25) is 0 Å². The third-order valence-corrected chi connectivity index (χ3v) is 14.0. The minimum Gasteiger partial charge on any atom is -0.310 e. The summed E-state index contributed by atoms with van der Waals surface area (Å²) in [5.74, 6) is 0. The molecule has 8 aromatic rings. The van der Waals surface area contributed by atoms with Gasteiger partial charge in [-0.2, -0.15) is 0 Å². The molecule has 7 aromatic carbocycles. The minimum atomic E-state index is 0.0840. The Labute approximate surface area is 351 Å². The Hall–Kier alpha value is -6.48. The number of allylic oxidation sites excluding steroid dienone is 8. The van der Waals surface area contributed by atoms with E-state index in [1.54, 1.807) is 5.57 Å². The maximum atomic E-state index is 2.43. The summed E-state index contributed by atoms with van der Waals surface area (Å²) in [6.07, 6.45) is 16.1. The quantitative estimate of drug-likeness (QED) is 0.156. The van der Waals surface area contributed by atoms with Gasteiger partial charge in [-0.25, -0.2) is 0 Å². The zero-order chi connectivity index (χ0) is 39.5. The summed E-state index contributed by atoms with van der Waals surface area (Å²) < 4.78 is 2.66. The molecule has 0 aliphatic heterocycles. The summed E-state index contributed by atoms with van der Waals surface area (Å²) in [6.45, 7) is 4.79. The first-order valence-electron chi connectivity index (χ1n) is 21.0. The standard InChI is InChI=1S/C57H45NS/c1-57(2)53-20-8-6-18-49(53)51-36-45(26-32-54(51)57)42-15-10-14-41(34-42)43-16-11-17-48(35-43)58(46-28-22-39(23-29-46)38-12-4-3-5-13-38)47-30-24-40(25-31-47)44-27-33-56-52(37-44)50-19-7-9-21-55(50)59-56/h4,6-7,9-19,21-37H,3,5,8,20H2,1-2H3. The SMILES string of the molecule is CC1(C)C2=C(C=CCC2)c2cc(-c3cccc(-c4cccc(N(c5ccc(C6=CCCC=C6)cc5)c5ccc(-c6ccc7sc8ccccc8c7c6)cc5)c4)c3)ccc21. The lowest BCUT2D eigenvalue weighted by Crippen LogP contribution is -2.17. The van der Waals surface area contributed by atoms with Gasteiger partial charge in [0, 0.05) is 42.6 Å². The second kappa shape index (κ2) is 14.4. The van der Waals surface area contributed by atoms with E-state index in [2.05, 4.69) is 207 Å². The van der Waals surface area contributed by atoms with E-state index in [1.165, 1.54) is 81.4 Å². The van der Waals surface area contributed by atoms with Crippen molar-refractivity contribution in [2.24, 2.45) is 0 Å². The molecule has 1 aromatic heterocycles. The van der Waals surface area contributed by atoms with E-state index < -0.39 is 0 Å². The fraction of sp³-hybridized carbons (Fsp3) is 0.123. The van der Waals surface area contributed by atoms with Gasteiger partial charge < -0.3 is 4.90 Å². The molecule has 1 nitrogen and oxygen atoms in total. The Morgan fingerprint density at radius 1 is 0.475 bits per heavy atom. The highest BCUT2D eigenvalue weighted by Gasteiger charge is 2.37. The summed E-state index contributed by atoms with van der Waals surface area (Å²) in [4.78, 5) is 2.40. The maximum absolute atomic E-state index is 2.43. The van der Waals surface area contributed by atoms with Crippen molar-refractivity contribution in [2.75, 3.05) is 4.90 Å². The molecule has 0 amide bonds. The van der Waals surface area contributed by atoms with Gasteiger partial charge in [0.05, 0.1) is 0 Å². The number of anilines is 3. The van der Waals surface area contributed by atoms with Crippen molar-refractivity contribution in [1.82, 2.24) is 0 Å². The number of rotatable bonds is 7. The number of hydrogen-bond acceptors (Lipinski definition) is 2. The van der Waals surface area contributed by atoms with Gasteiger partial charge in [-0.3, -0.25) is 0 Å². The fourth-order valence-corrected chi connectivity index (χ4v) is 10.8. The highest BCUT2D eigenvalue weighted by molar-refractivity contribution is 7.25. The molecule has 1 heterocycles.